The van der Waals surface area contributed by atoms with Crippen LogP contribution in [-0.4, -0.2) is 35.4 Å². The Morgan fingerprint density at radius 1 is 0.549 bits per heavy atom. The molecule has 0 bridgehead atoms. The Labute approximate surface area is 323 Å². The first-order chi connectivity index (χ1) is 24.2. The van der Waals surface area contributed by atoms with E-state index in [-0.39, 0.29) is 0 Å². The number of imidazole rings is 2. The Hall–Kier alpha value is -2.76. The number of rotatable bonds is 12. The lowest BCUT2D eigenvalue weighted by Crippen LogP contribution is -2.47. The fraction of sp³-hybridized carbons (Fsp3) is 0.476. The molecule has 0 saturated carbocycles. The van der Waals surface area contributed by atoms with E-state index < -0.39 is 16.6 Å². The van der Waals surface area contributed by atoms with Crippen LogP contribution in [-0.2, 0) is 22.1 Å². The summed E-state index contributed by atoms with van der Waals surface area (Å²) < 4.78 is 18.8. The van der Waals surface area contributed by atoms with Gasteiger partial charge in [0.15, 0.2) is 0 Å². The Morgan fingerprint density at radius 3 is 1.43 bits per heavy atom. The summed E-state index contributed by atoms with van der Waals surface area (Å²) in [6.45, 7) is 28.9. The van der Waals surface area contributed by atoms with Crippen LogP contribution in [0, 0.1) is 15.5 Å². The van der Waals surface area contributed by atoms with Crippen LogP contribution in [0.15, 0.2) is 79.1 Å². The van der Waals surface area contributed by atoms with Gasteiger partial charge in [0.05, 0.1) is 24.6 Å². The Morgan fingerprint density at radius 2 is 0.961 bits per heavy atom. The van der Waals surface area contributed by atoms with Gasteiger partial charge in [-0.05, 0) is 98.2 Å². The lowest BCUT2D eigenvalue weighted by Gasteiger charge is -2.42. The highest BCUT2D eigenvalue weighted by Crippen LogP contribution is 2.44. The van der Waals surface area contributed by atoms with Crippen LogP contribution in [0.4, 0.5) is 0 Å². The van der Waals surface area contributed by atoms with E-state index in [1.54, 1.807) is 0 Å². The number of fused-ring (bicyclic) bond motifs is 2. The van der Waals surface area contributed by atoms with Crippen molar-refractivity contribution < 1.29 is 8.85 Å². The van der Waals surface area contributed by atoms with Crippen molar-refractivity contribution >= 4 is 50.5 Å². The smallest absolute Gasteiger partial charge is 0.200 e. The van der Waals surface area contributed by atoms with Crippen molar-refractivity contribution in [1.82, 2.24) is 18.8 Å². The van der Waals surface area contributed by atoms with Crippen molar-refractivity contribution in [3.63, 3.8) is 0 Å². The van der Waals surface area contributed by atoms with Gasteiger partial charge in [0, 0.05) is 18.0 Å². The Balaban J connectivity index is 0.000000238. The second-order valence-electron chi connectivity index (χ2n) is 15.4. The molecule has 0 radical (unpaired) electrons. The molecule has 0 aliphatic heterocycles. The molecule has 0 N–H and O–H groups in total. The normalized spacial score (nSPS) is 12.5. The summed E-state index contributed by atoms with van der Waals surface area (Å²) in [6, 6.07) is 22.2. The summed E-state index contributed by atoms with van der Waals surface area (Å²) in [4.78, 5) is 9.61. The van der Waals surface area contributed by atoms with Crippen molar-refractivity contribution in [2.24, 2.45) is 0 Å². The van der Waals surface area contributed by atoms with E-state index in [0.717, 1.165) is 37.6 Å². The predicted molar refractivity (Wildman–Crippen MR) is 227 cm³/mol. The van der Waals surface area contributed by atoms with Crippen molar-refractivity contribution in [3.8, 4) is 11.8 Å². The third kappa shape index (κ3) is 8.90. The van der Waals surface area contributed by atoms with E-state index >= 15 is 0 Å². The van der Waals surface area contributed by atoms with Gasteiger partial charge >= 0.3 is 0 Å². The van der Waals surface area contributed by atoms with Crippen LogP contribution in [0.5, 0.6) is 0 Å². The molecule has 9 heteroatoms. The first kappa shape index (κ1) is 41.0. The minimum atomic E-state index is -1.97. The molecule has 1 aromatic carbocycles. The maximum Gasteiger partial charge on any atom is 0.200 e. The van der Waals surface area contributed by atoms with Gasteiger partial charge in [0.2, 0.25) is 16.6 Å². The van der Waals surface area contributed by atoms with Crippen molar-refractivity contribution in [2.75, 3.05) is 0 Å². The van der Waals surface area contributed by atoms with Gasteiger partial charge in [-0.2, -0.15) is 0 Å². The minimum Gasteiger partial charge on any atom is -0.410 e. The van der Waals surface area contributed by atoms with Gasteiger partial charge in [-0.3, -0.25) is 8.80 Å². The molecule has 0 aliphatic rings. The number of pyridine rings is 2. The first-order valence-corrected chi connectivity index (χ1v) is 23.9. The molecular weight excluding hydrogens is 776 g/mol. The highest BCUT2D eigenvalue weighted by atomic mass is 127. The van der Waals surface area contributed by atoms with Gasteiger partial charge in [0.1, 0.15) is 20.7 Å². The molecule has 0 atom stereocenters. The fourth-order valence-corrected chi connectivity index (χ4v) is 19.9. The zero-order valence-electron chi connectivity index (χ0n) is 32.9. The maximum atomic E-state index is 6.82. The molecule has 0 aliphatic carbocycles. The average molecular weight is 835 g/mol. The van der Waals surface area contributed by atoms with Gasteiger partial charge in [0.25, 0.3) is 0 Å². The lowest BCUT2D eigenvalue weighted by atomic mass is 10.2. The second-order valence-corrected chi connectivity index (χ2v) is 27.4. The molecule has 0 fully saturated rings. The van der Waals surface area contributed by atoms with Crippen LogP contribution < -0.4 is 0 Å². The maximum absolute atomic E-state index is 6.82. The highest BCUT2D eigenvalue weighted by molar-refractivity contribution is 14.1. The molecule has 0 spiro atoms. The van der Waals surface area contributed by atoms with Crippen LogP contribution >= 0.6 is 22.6 Å². The Bertz CT molecular complexity index is 1880. The minimum absolute atomic E-state index is 0.515. The number of aromatic nitrogens is 4. The van der Waals surface area contributed by atoms with Crippen LogP contribution in [0.25, 0.3) is 11.3 Å². The molecule has 0 unspecified atom stereocenters. The summed E-state index contributed by atoms with van der Waals surface area (Å²) in [6.07, 6.45) is 4.09. The summed E-state index contributed by atoms with van der Waals surface area (Å²) >= 11 is 2.37. The second kappa shape index (κ2) is 17.8. The van der Waals surface area contributed by atoms with E-state index in [1.807, 2.05) is 72.9 Å². The molecule has 4 aromatic heterocycles. The van der Waals surface area contributed by atoms with E-state index in [0.29, 0.717) is 46.5 Å². The van der Waals surface area contributed by atoms with Gasteiger partial charge < -0.3 is 8.85 Å². The highest BCUT2D eigenvalue weighted by Gasteiger charge is 2.46. The van der Waals surface area contributed by atoms with Crippen LogP contribution in [0.2, 0.25) is 33.2 Å². The van der Waals surface area contributed by atoms with Crippen LogP contribution in [0.1, 0.15) is 106 Å². The van der Waals surface area contributed by atoms with Crippen molar-refractivity contribution in [2.45, 2.75) is 130 Å². The zero-order chi connectivity index (χ0) is 37.5. The zero-order valence-corrected chi connectivity index (χ0v) is 37.0. The number of hydrogen-bond acceptors (Lipinski definition) is 4. The number of hydrogen-bond donors (Lipinski definition) is 0. The predicted octanol–water partition coefficient (Wildman–Crippen LogP) is 12.1. The van der Waals surface area contributed by atoms with E-state index in [9.17, 15) is 0 Å². The molecule has 4 heterocycles. The average Bonchev–Trinajstić information content (AvgIpc) is 3.60. The van der Waals surface area contributed by atoms with Crippen LogP contribution in [0.3, 0.4) is 0 Å². The SMILES string of the molecule is CC(C)[Si](OCc1nc2ccccn2c1C#Cc1ccccc1)(C(C)C)C(C)C.CC(C)[Si](OCc1nc2ccccn2c1I)(C(C)C)C(C)C. The standard InChI is InChI=1S/C25H32N2OSi.C17H27IN2OSi/c1-19(2)29(20(3)4,21(5)6)28-18-23-24(16-15-22-12-8-7-9-13-22)27-17-11-10-14-25(27)26-23;1-12(2)22(13(3)4,14(5)6)21-11-15-17(18)20-10-8-7-9-16(20)19-15/h7-14,17,19-21H,18H2,1-6H3;7-10,12-14H,11H2,1-6H3. The van der Waals surface area contributed by atoms with Gasteiger partial charge in [-0.25, -0.2) is 9.97 Å². The molecule has 274 valence electrons. The van der Waals surface area contributed by atoms with Crippen molar-refractivity contribution in [3.05, 3.63) is 105 Å². The molecule has 0 saturated heterocycles. The number of halogens is 1. The molecule has 5 aromatic rings. The van der Waals surface area contributed by atoms with E-state index in [4.69, 9.17) is 18.8 Å². The summed E-state index contributed by atoms with van der Waals surface area (Å²) in [5, 5.41) is 0. The molecule has 6 nitrogen and oxygen atoms in total. The monoisotopic (exact) mass is 834 g/mol. The largest absolute Gasteiger partial charge is 0.410 e. The number of nitrogens with zero attached hydrogens (tertiary/aromatic N) is 4. The quantitative estimate of drug-likeness (QED) is 0.0714. The first-order valence-electron chi connectivity index (χ1n) is 18.6. The number of benzene rings is 1. The summed E-state index contributed by atoms with van der Waals surface area (Å²) in [7, 11) is -3.80. The van der Waals surface area contributed by atoms with Gasteiger partial charge in [-0.15, -0.1) is 0 Å². The third-order valence-electron chi connectivity index (χ3n) is 10.6. The fourth-order valence-electron chi connectivity index (χ4n) is 8.42. The molecule has 0 amide bonds. The molecule has 51 heavy (non-hydrogen) atoms. The third-order valence-corrected chi connectivity index (χ3v) is 23.8. The molecule has 5 rings (SSSR count). The van der Waals surface area contributed by atoms with Gasteiger partial charge in [-0.1, -0.05) is 119 Å². The summed E-state index contributed by atoms with van der Waals surface area (Å²) in [5.41, 5.74) is 9.24. The summed E-state index contributed by atoms with van der Waals surface area (Å²) in [5.74, 6) is 6.65. The molecular formula is C42H59IN4O2Si2. The lowest BCUT2D eigenvalue weighted by molar-refractivity contribution is 0.261. The van der Waals surface area contributed by atoms with E-state index in [2.05, 4.69) is 133 Å². The topological polar surface area (TPSA) is 53.1 Å². The Kier molecular flexibility index (Phi) is 14.3. The van der Waals surface area contributed by atoms with E-state index in [1.165, 1.54) is 0 Å². The van der Waals surface area contributed by atoms with Crippen molar-refractivity contribution in [1.29, 1.82) is 0 Å².